The molecule has 27 heavy (non-hydrogen) atoms. The van der Waals surface area contributed by atoms with Gasteiger partial charge >= 0.3 is 0 Å². The van der Waals surface area contributed by atoms with Crippen LogP contribution in [0.4, 0.5) is 5.69 Å². The largest absolute Gasteiger partial charge is 0.345 e. The number of hydrogen-bond acceptors (Lipinski definition) is 3. The minimum absolute atomic E-state index is 0.209. The molecule has 0 saturated carbocycles. The molecule has 132 valence electrons. The van der Waals surface area contributed by atoms with Crippen molar-refractivity contribution in [1.82, 2.24) is 0 Å². The van der Waals surface area contributed by atoms with E-state index >= 15 is 0 Å². The quantitative estimate of drug-likeness (QED) is 0.694. The van der Waals surface area contributed by atoms with Crippen LogP contribution in [0.2, 0.25) is 5.02 Å². The molecule has 0 unspecified atom stereocenters. The summed E-state index contributed by atoms with van der Waals surface area (Å²) < 4.78 is 1.67. The number of rotatable bonds is 3. The first kappa shape index (κ1) is 17.2. The smallest absolute Gasteiger partial charge is 0.286 e. The number of nitrogens with zero attached hydrogens (tertiary/aromatic N) is 1. The molecule has 1 aliphatic rings. The normalized spacial score (nSPS) is 13.6. The number of para-hydroxylation sites is 1. The third-order valence-corrected chi connectivity index (χ3v) is 4.81. The zero-order valence-electron chi connectivity index (χ0n) is 14.6. The van der Waals surface area contributed by atoms with Crippen molar-refractivity contribution < 1.29 is 14.2 Å². The first-order valence-corrected chi connectivity index (χ1v) is 8.86. The maximum absolute atomic E-state index is 13.2. The van der Waals surface area contributed by atoms with Crippen molar-refractivity contribution in [2.75, 3.05) is 5.32 Å². The van der Waals surface area contributed by atoms with Crippen LogP contribution in [-0.4, -0.2) is 11.6 Å². The van der Waals surface area contributed by atoms with Gasteiger partial charge in [-0.1, -0.05) is 48.0 Å². The molecule has 0 aliphatic heterocycles. The van der Waals surface area contributed by atoms with Gasteiger partial charge < -0.3 is 5.32 Å². The van der Waals surface area contributed by atoms with Crippen LogP contribution in [0, 0.1) is 6.92 Å². The number of pyridine rings is 1. The second kappa shape index (κ2) is 6.82. The number of hydrogen-bond donors (Lipinski definition) is 1. The van der Waals surface area contributed by atoms with Gasteiger partial charge in [-0.2, -0.15) is 4.57 Å². The lowest BCUT2D eigenvalue weighted by Crippen LogP contribution is -2.42. The van der Waals surface area contributed by atoms with Gasteiger partial charge in [0.1, 0.15) is 0 Å². The van der Waals surface area contributed by atoms with E-state index in [4.69, 9.17) is 11.6 Å². The third-order valence-electron chi connectivity index (χ3n) is 4.48. The number of allylic oxidation sites excluding steroid dienone is 2. The van der Waals surface area contributed by atoms with Crippen LogP contribution in [0.25, 0.3) is 5.70 Å². The fraction of sp³-hybridized carbons (Fsp3) is 0.0455. The number of fused-ring (bicyclic) bond motifs is 1. The molecule has 1 N–H and O–H groups in total. The third kappa shape index (κ3) is 3.04. The second-order valence-electron chi connectivity index (χ2n) is 6.32. The molecule has 0 spiro atoms. The molecule has 0 bridgehead atoms. The molecular weight excluding hydrogens is 360 g/mol. The SMILES string of the molecule is Cc1cc[n+](C2=C(Nc3ccccc3Cl)C(=O)c3ccccc3C2=O)cc1. The fourth-order valence-corrected chi connectivity index (χ4v) is 3.26. The van der Waals surface area contributed by atoms with Crippen molar-refractivity contribution in [3.8, 4) is 0 Å². The number of nitrogens with one attached hydrogen (secondary N) is 1. The van der Waals surface area contributed by atoms with Crippen molar-refractivity contribution in [2.45, 2.75) is 6.92 Å². The van der Waals surface area contributed by atoms with Crippen LogP contribution in [0.15, 0.2) is 78.8 Å². The van der Waals surface area contributed by atoms with Gasteiger partial charge in [0.15, 0.2) is 18.1 Å². The molecule has 4 nitrogen and oxygen atoms in total. The summed E-state index contributed by atoms with van der Waals surface area (Å²) in [5.41, 5.74) is 2.89. The van der Waals surface area contributed by atoms with Crippen molar-refractivity contribution in [1.29, 1.82) is 0 Å². The van der Waals surface area contributed by atoms with Gasteiger partial charge in [0.2, 0.25) is 5.78 Å². The van der Waals surface area contributed by atoms with Crippen LogP contribution in [0.3, 0.4) is 0 Å². The number of carbonyl (C=O) groups is 2. The highest BCUT2D eigenvalue weighted by Crippen LogP contribution is 2.30. The number of ketones is 2. The van der Waals surface area contributed by atoms with Crippen molar-refractivity contribution in [3.05, 3.63) is 100 Å². The number of anilines is 1. The van der Waals surface area contributed by atoms with E-state index in [0.717, 1.165) is 5.56 Å². The molecule has 2 aromatic carbocycles. The highest BCUT2D eigenvalue weighted by Gasteiger charge is 2.38. The zero-order chi connectivity index (χ0) is 19.0. The number of halogens is 1. The number of aryl methyl sites for hydroxylation is 1. The van der Waals surface area contributed by atoms with Crippen LogP contribution < -0.4 is 9.88 Å². The summed E-state index contributed by atoms with van der Waals surface area (Å²) in [6.45, 7) is 1.96. The minimum atomic E-state index is -0.242. The van der Waals surface area contributed by atoms with Gasteiger partial charge in [0, 0.05) is 23.3 Å². The lowest BCUT2D eigenvalue weighted by molar-refractivity contribution is -0.577. The van der Waals surface area contributed by atoms with E-state index in [1.165, 1.54) is 0 Å². The summed E-state index contributed by atoms with van der Waals surface area (Å²) in [7, 11) is 0. The number of carbonyl (C=O) groups excluding carboxylic acids is 2. The van der Waals surface area contributed by atoms with Crippen LogP contribution >= 0.6 is 11.6 Å². The van der Waals surface area contributed by atoms with Crippen molar-refractivity contribution >= 4 is 34.6 Å². The van der Waals surface area contributed by atoms with E-state index in [1.807, 2.05) is 25.1 Å². The van der Waals surface area contributed by atoms with Crippen molar-refractivity contribution in [3.63, 3.8) is 0 Å². The van der Waals surface area contributed by atoms with E-state index in [0.29, 0.717) is 21.8 Å². The van der Waals surface area contributed by atoms with Crippen LogP contribution in [0.1, 0.15) is 26.3 Å². The van der Waals surface area contributed by atoms with E-state index < -0.39 is 0 Å². The Morgan fingerprint density at radius 3 is 2.07 bits per heavy atom. The van der Waals surface area contributed by atoms with E-state index in [9.17, 15) is 9.59 Å². The molecule has 5 heteroatoms. The monoisotopic (exact) mass is 375 g/mol. The molecule has 0 amide bonds. The maximum atomic E-state index is 13.2. The summed E-state index contributed by atoms with van der Waals surface area (Å²) >= 11 is 6.25. The Kier molecular flexibility index (Phi) is 4.34. The molecule has 0 atom stereocenters. The Labute approximate surface area is 161 Å². The van der Waals surface area contributed by atoms with Crippen LogP contribution in [-0.2, 0) is 0 Å². The highest BCUT2D eigenvalue weighted by molar-refractivity contribution is 6.37. The zero-order valence-corrected chi connectivity index (χ0v) is 15.3. The van der Waals surface area contributed by atoms with Gasteiger partial charge in [-0.05, 0) is 24.6 Å². The molecule has 1 aromatic heterocycles. The van der Waals surface area contributed by atoms with E-state index in [-0.39, 0.29) is 23.0 Å². The maximum Gasteiger partial charge on any atom is 0.286 e. The van der Waals surface area contributed by atoms with Crippen molar-refractivity contribution in [2.24, 2.45) is 0 Å². The van der Waals surface area contributed by atoms with Gasteiger partial charge in [-0.3, -0.25) is 9.59 Å². The Bertz CT molecular complexity index is 1100. The summed E-state index contributed by atoms with van der Waals surface area (Å²) in [4.78, 5) is 26.4. The molecule has 1 aliphatic carbocycles. The average Bonchev–Trinajstić information content (AvgIpc) is 2.69. The highest BCUT2D eigenvalue weighted by atomic mass is 35.5. The summed E-state index contributed by atoms with van der Waals surface area (Å²) in [6.07, 6.45) is 3.55. The van der Waals surface area contributed by atoms with E-state index in [2.05, 4.69) is 5.32 Å². The molecule has 0 radical (unpaired) electrons. The molecule has 0 saturated heterocycles. The van der Waals surface area contributed by atoms with E-state index in [1.54, 1.807) is 59.4 Å². The lowest BCUT2D eigenvalue weighted by Gasteiger charge is -2.19. The first-order chi connectivity index (χ1) is 13.1. The Morgan fingerprint density at radius 2 is 1.41 bits per heavy atom. The topological polar surface area (TPSA) is 50.1 Å². The molecule has 1 heterocycles. The minimum Gasteiger partial charge on any atom is -0.345 e. The Morgan fingerprint density at radius 1 is 0.815 bits per heavy atom. The number of benzene rings is 2. The molecule has 4 rings (SSSR count). The second-order valence-corrected chi connectivity index (χ2v) is 6.72. The predicted molar refractivity (Wildman–Crippen MR) is 105 cm³/mol. The lowest BCUT2D eigenvalue weighted by atomic mass is 9.90. The fourth-order valence-electron chi connectivity index (χ4n) is 3.07. The average molecular weight is 376 g/mol. The number of aromatic nitrogens is 1. The predicted octanol–water partition coefficient (Wildman–Crippen LogP) is 4.30. The Hall–Kier alpha value is -3.24. The summed E-state index contributed by atoms with van der Waals surface area (Å²) in [6, 6.07) is 17.7. The van der Waals surface area contributed by atoms with Gasteiger partial charge in [-0.15, -0.1) is 0 Å². The molecule has 0 fully saturated rings. The standard InChI is InChI=1S/C22H15ClN2O2/c1-14-10-12-25(13-11-14)20-19(24-18-9-5-4-8-17(18)23)21(26)15-6-2-3-7-16(15)22(20)27/h2-13H,1H3/p+1. The Balaban J connectivity index is 1.93. The van der Waals surface area contributed by atoms with Gasteiger partial charge in [-0.25, -0.2) is 0 Å². The molecular formula is C22H16ClN2O2+. The van der Waals surface area contributed by atoms with Gasteiger partial charge in [0.25, 0.3) is 11.5 Å². The summed E-state index contributed by atoms with van der Waals surface area (Å²) in [5.74, 6) is -0.457. The molecule has 3 aromatic rings. The van der Waals surface area contributed by atoms with Gasteiger partial charge in [0.05, 0.1) is 10.7 Å². The summed E-state index contributed by atoms with van der Waals surface area (Å²) in [5, 5.41) is 3.56. The number of Topliss-reactive ketones (excluding diaryl/α,β-unsaturated/α-hetero) is 2. The first-order valence-electron chi connectivity index (χ1n) is 8.49. The van der Waals surface area contributed by atoms with Crippen LogP contribution in [0.5, 0.6) is 0 Å².